The molecule has 4 N–H and O–H groups in total. The standard InChI is InChI=1S/C11H12N4O4S/c1-6(8-5-20-11(12)13-8)14-19-4-7-2-9(16)10(17)3-15(7)18/h2-3,5,17-18H,4H2,1H3,(H2,12,13)/b14-6+. The predicted octanol–water partition coefficient (Wildman–Crippen LogP) is 0.771. The fraction of sp³-hybridized carbons (Fsp3) is 0.182. The van der Waals surface area contributed by atoms with E-state index in [1.807, 2.05) is 0 Å². The highest BCUT2D eigenvalue weighted by molar-refractivity contribution is 7.13. The van der Waals surface area contributed by atoms with Gasteiger partial charge in [0.1, 0.15) is 17.1 Å². The zero-order chi connectivity index (χ0) is 14.7. The summed E-state index contributed by atoms with van der Waals surface area (Å²) in [6.07, 6.45) is 0.888. The van der Waals surface area contributed by atoms with Crippen LogP contribution in [-0.2, 0) is 11.4 Å². The number of rotatable bonds is 4. The lowest BCUT2D eigenvalue weighted by Crippen LogP contribution is -2.10. The summed E-state index contributed by atoms with van der Waals surface area (Å²) in [6.45, 7) is 1.56. The Kier molecular flexibility index (Phi) is 3.89. The number of nitrogens with two attached hydrogens (primary N) is 1. The maximum atomic E-state index is 11.2. The summed E-state index contributed by atoms with van der Waals surface area (Å²) < 4.78 is 0.600. The molecule has 8 nitrogen and oxygen atoms in total. The zero-order valence-electron chi connectivity index (χ0n) is 10.5. The Morgan fingerprint density at radius 3 is 3.05 bits per heavy atom. The van der Waals surface area contributed by atoms with Gasteiger partial charge in [0.15, 0.2) is 17.5 Å². The Hall–Kier alpha value is -2.55. The molecule has 0 aliphatic rings. The van der Waals surface area contributed by atoms with Crippen LogP contribution in [0.25, 0.3) is 0 Å². The van der Waals surface area contributed by atoms with E-state index in [1.165, 1.54) is 11.3 Å². The van der Waals surface area contributed by atoms with Gasteiger partial charge in [0.25, 0.3) is 0 Å². The second-order valence-corrected chi connectivity index (χ2v) is 4.77. The van der Waals surface area contributed by atoms with E-state index in [4.69, 9.17) is 15.7 Å². The summed E-state index contributed by atoms with van der Waals surface area (Å²) in [5.41, 5.74) is 6.16. The van der Waals surface area contributed by atoms with Gasteiger partial charge in [-0.2, -0.15) is 4.73 Å². The van der Waals surface area contributed by atoms with E-state index in [9.17, 15) is 10.0 Å². The third-order valence-electron chi connectivity index (χ3n) is 2.40. The van der Waals surface area contributed by atoms with Gasteiger partial charge in [0.05, 0.1) is 6.20 Å². The largest absolute Gasteiger partial charge is 0.503 e. The monoisotopic (exact) mass is 296 g/mol. The van der Waals surface area contributed by atoms with Crippen LogP contribution < -0.4 is 11.2 Å². The summed E-state index contributed by atoms with van der Waals surface area (Å²) in [4.78, 5) is 20.3. The zero-order valence-corrected chi connectivity index (χ0v) is 11.3. The minimum absolute atomic E-state index is 0.136. The first-order valence-electron chi connectivity index (χ1n) is 5.49. The average Bonchev–Trinajstić information content (AvgIpc) is 2.82. The second-order valence-electron chi connectivity index (χ2n) is 3.88. The molecule has 0 saturated heterocycles. The van der Waals surface area contributed by atoms with Crippen LogP contribution in [0.15, 0.2) is 27.6 Å². The molecule has 9 heteroatoms. The van der Waals surface area contributed by atoms with Gasteiger partial charge in [-0.25, -0.2) is 4.98 Å². The van der Waals surface area contributed by atoms with Crippen molar-refractivity contribution >= 4 is 22.2 Å². The smallest absolute Gasteiger partial charge is 0.223 e. The van der Waals surface area contributed by atoms with Gasteiger partial charge in [-0.15, -0.1) is 11.3 Å². The summed E-state index contributed by atoms with van der Waals surface area (Å²) in [7, 11) is 0. The first kappa shape index (κ1) is 13.9. The molecule has 0 aliphatic carbocycles. The molecule has 0 fully saturated rings. The Labute approximate surface area is 117 Å². The molecule has 0 amide bonds. The lowest BCUT2D eigenvalue weighted by molar-refractivity contribution is 0.0952. The molecule has 106 valence electrons. The SMILES string of the molecule is C/C(=N\OCc1cc(=O)c(O)cn1O)c1csc(N)n1. The number of anilines is 1. The highest BCUT2D eigenvalue weighted by atomic mass is 32.1. The van der Waals surface area contributed by atoms with Crippen LogP contribution >= 0.6 is 11.3 Å². The van der Waals surface area contributed by atoms with Crippen molar-refractivity contribution in [3.8, 4) is 5.75 Å². The third-order valence-corrected chi connectivity index (χ3v) is 3.07. The number of aromatic hydroxyl groups is 1. The molecule has 0 bridgehead atoms. The molecule has 0 saturated carbocycles. The van der Waals surface area contributed by atoms with Crippen LogP contribution in [0.5, 0.6) is 5.75 Å². The normalized spacial score (nSPS) is 11.6. The van der Waals surface area contributed by atoms with E-state index in [0.29, 0.717) is 21.3 Å². The quantitative estimate of drug-likeness (QED) is 0.435. The Morgan fingerprint density at radius 2 is 2.40 bits per heavy atom. The lowest BCUT2D eigenvalue weighted by Gasteiger charge is -2.06. The van der Waals surface area contributed by atoms with Crippen molar-refractivity contribution in [2.75, 3.05) is 5.73 Å². The number of pyridine rings is 1. The first-order valence-corrected chi connectivity index (χ1v) is 6.37. The molecule has 0 spiro atoms. The highest BCUT2D eigenvalue weighted by Crippen LogP contribution is 2.12. The number of aromatic nitrogens is 2. The molecule has 2 heterocycles. The fourth-order valence-corrected chi connectivity index (χ4v) is 1.96. The molecule has 0 aliphatic heterocycles. The van der Waals surface area contributed by atoms with Crippen molar-refractivity contribution in [2.24, 2.45) is 5.16 Å². The Morgan fingerprint density at radius 1 is 1.65 bits per heavy atom. The van der Waals surface area contributed by atoms with Crippen LogP contribution in [0, 0.1) is 0 Å². The molecular weight excluding hydrogens is 284 g/mol. The summed E-state index contributed by atoms with van der Waals surface area (Å²) in [6, 6.07) is 1.06. The van der Waals surface area contributed by atoms with E-state index in [2.05, 4.69) is 10.1 Å². The predicted molar refractivity (Wildman–Crippen MR) is 73.1 cm³/mol. The molecule has 2 rings (SSSR count). The van der Waals surface area contributed by atoms with Gasteiger partial charge in [0, 0.05) is 11.4 Å². The van der Waals surface area contributed by atoms with Crippen molar-refractivity contribution in [1.82, 2.24) is 9.71 Å². The van der Waals surface area contributed by atoms with Gasteiger partial charge in [-0.3, -0.25) is 4.79 Å². The second kappa shape index (κ2) is 5.61. The number of oxime groups is 1. The maximum Gasteiger partial charge on any atom is 0.223 e. The average molecular weight is 296 g/mol. The van der Waals surface area contributed by atoms with E-state index in [0.717, 1.165) is 12.3 Å². The van der Waals surface area contributed by atoms with E-state index < -0.39 is 11.2 Å². The molecule has 20 heavy (non-hydrogen) atoms. The van der Waals surface area contributed by atoms with E-state index in [1.54, 1.807) is 12.3 Å². The number of nitrogens with zero attached hydrogens (tertiary/aromatic N) is 3. The minimum Gasteiger partial charge on any atom is -0.503 e. The Bertz CT molecular complexity index is 707. The first-order chi connectivity index (χ1) is 9.47. The highest BCUT2D eigenvalue weighted by Gasteiger charge is 2.06. The van der Waals surface area contributed by atoms with Gasteiger partial charge in [-0.1, -0.05) is 5.16 Å². The Balaban J connectivity index is 2.06. The van der Waals surface area contributed by atoms with Crippen LogP contribution in [0.1, 0.15) is 18.3 Å². The molecule has 0 unspecified atom stereocenters. The summed E-state index contributed by atoms with van der Waals surface area (Å²) in [5, 5.41) is 24.5. The number of nitrogen functional groups attached to an aromatic ring is 1. The van der Waals surface area contributed by atoms with Gasteiger partial charge >= 0.3 is 0 Å². The maximum absolute atomic E-state index is 11.2. The topological polar surface area (TPSA) is 123 Å². The third kappa shape index (κ3) is 3.06. The van der Waals surface area contributed by atoms with Gasteiger partial charge in [0.2, 0.25) is 5.43 Å². The van der Waals surface area contributed by atoms with Crippen molar-refractivity contribution in [3.63, 3.8) is 0 Å². The minimum atomic E-state index is -0.609. The summed E-state index contributed by atoms with van der Waals surface area (Å²) in [5.74, 6) is -0.547. The molecule has 2 aromatic rings. The van der Waals surface area contributed by atoms with Crippen LogP contribution in [-0.4, -0.2) is 25.7 Å². The van der Waals surface area contributed by atoms with Gasteiger partial charge in [-0.05, 0) is 6.92 Å². The van der Waals surface area contributed by atoms with E-state index >= 15 is 0 Å². The van der Waals surface area contributed by atoms with Crippen molar-refractivity contribution in [2.45, 2.75) is 13.5 Å². The molecule has 2 aromatic heterocycles. The number of hydrogen-bond acceptors (Lipinski definition) is 8. The van der Waals surface area contributed by atoms with Gasteiger partial charge < -0.3 is 20.9 Å². The molecule has 0 aromatic carbocycles. The van der Waals surface area contributed by atoms with E-state index in [-0.39, 0.29) is 12.3 Å². The number of hydrogen-bond donors (Lipinski definition) is 3. The molecular formula is C11H12N4O4S. The summed E-state index contributed by atoms with van der Waals surface area (Å²) >= 11 is 1.29. The van der Waals surface area contributed by atoms with Crippen molar-refractivity contribution in [3.05, 3.63) is 39.3 Å². The fourth-order valence-electron chi connectivity index (χ4n) is 1.36. The van der Waals surface area contributed by atoms with Crippen LogP contribution in [0.4, 0.5) is 5.13 Å². The van der Waals surface area contributed by atoms with Crippen molar-refractivity contribution < 1.29 is 15.2 Å². The van der Waals surface area contributed by atoms with Crippen LogP contribution in [0.2, 0.25) is 0 Å². The molecule has 0 atom stereocenters. The lowest BCUT2D eigenvalue weighted by atomic mass is 10.3. The van der Waals surface area contributed by atoms with Crippen LogP contribution in [0.3, 0.4) is 0 Å². The van der Waals surface area contributed by atoms with Crippen molar-refractivity contribution in [1.29, 1.82) is 0 Å². The molecule has 0 radical (unpaired) electrons. The number of thiazole rings is 1.